The van der Waals surface area contributed by atoms with Gasteiger partial charge in [-0.3, -0.25) is 9.40 Å². The number of phenols is 1. The van der Waals surface area contributed by atoms with Crippen LogP contribution in [0.15, 0.2) is 35.5 Å². The van der Waals surface area contributed by atoms with Crippen LogP contribution in [-0.2, 0) is 16.2 Å². The first-order valence-corrected chi connectivity index (χ1v) is 7.96. The van der Waals surface area contributed by atoms with Gasteiger partial charge >= 0.3 is 6.18 Å². The Morgan fingerprint density at radius 1 is 1.30 bits per heavy atom. The summed E-state index contributed by atoms with van der Waals surface area (Å²) in [5.41, 5.74) is -1.64. The Bertz CT molecular complexity index is 813. The smallest absolute Gasteiger partial charge is 0.416 e. The van der Waals surface area contributed by atoms with Crippen molar-refractivity contribution in [3.8, 4) is 5.75 Å². The molecular formula is C13H14F3N3O3S. The highest BCUT2D eigenvalue weighted by Gasteiger charge is 2.31. The minimum absolute atomic E-state index is 0.0825. The number of phenolic OH excluding ortho intramolecular Hbond substituents is 1. The minimum Gasteiger partial charge on any atom is -0.506 e. The van der Waals surface area contributed by atoms with Gasteiger partial charge in [0, 0.05) is 12.2 Å². The van der Waals surface area contributed by atoms with E-state index in [0.29, 0.717) is 12.1 Å². The Labute approximate surface area is 130 Å². The number of aromatic hydroxyl groups is 1. The molecule has 0 fully saturated rings. The first-order chi connectivity index (χ1) is 10.5. The molecule has 0 saturated carbocycles. The fourth-order valence-electron chi connectivity index (χ4n) is 1.74. The molecule has 2 rings (SSSR count). The number of sulfonamides is 1. The maximum absolute atomic E-state index is 12.7. The van der Waals surface area contributed by atoms with E-state index in [1.807, 2.05) is 4.72 Å². The SMILES string of the molecule is CC(C)n1cc(S(=O)(=O)Nc2cc(C(F)(F)F)ccc2O)cn1. The van der Waals surface area contributed by atoms with Crippen molar-refractivity contribution in [1.82, 2.24) is 9.78 Å². The zero-order valence-electron chi connectivity index (χ0n) is 12.2. The van der Waals surface area contributed by atoms with Crippen LogP contribution in [0.2, 0.25) is 0 Å². The van der Waals surface area contributed by atoms with Crippen molar-refractivity contribution in [3.63, 3.8) is 0 Å². The van der Waals surface area contributed by atoms with Crippen molar-refractivity contribution in [3.05, 3.63) is 36.2 Å². The summed E-state index contributed by atoms with van der Waals surface area (Å²) in [4.78, 5) is -0.219. The summed E-state index contributed by atoms with van der Waals surface area (Å²) < 4.78 is 65.7. The maximum Gasteiger partial charge on any atom is 0.416 e. The highest BCUT2D eigenvalue weighted by atomic mass is 32.2. The van der Waals surface area contributed by atoms with Crippen LogP contribution in [0.1, 0.15) is 25.5 Å². The van der Waals surface area contributed by atoms with E-state index < -0.39 is 33.2 Å². The zero-order chi connectivity index (χ0) is 17.4. The average molecular weight is 349 g/mol. The molecule has 0 saturated heterocycles. The van der Waals surface area contributed by atoms with Crippen molar-refractivity contribution >= 4 is 15.7 Å². The van der Waals surface area contributed by atoms with E-state index in [4.69, 9.17) is 0 Å². The molecule has 1 aromatic carbocycles. The van der Waals surface area contributed by atoms with Gasteiger partial charge in [0.1, 0.15) is 10.6 Å². The van der Waals surface area contributed by atoms with Gasteiger partial charge in [0.25, 0.3) is 10.0 Å². The molecule has 0 aliphatic heterocycles. The van der Waals surface area contributed by atoms with Gasteiger partial charge in [0.15, 0.2) is 0 Å². The predicted octanol–water partition coefficient (Wildman–Crippen LogP) is 2.99. The van der Waals surface area contributed by atoms with E-state index in [-0.39, 0.29) is 10.9 Å². The van der Waals surface area contributed by atoms with E-state index >= 15 is 0 Å². The lowest BCUT2D eigenvalue weighted by molar-refractivity contribution is -0.137. The first-order valence-electron chi connectivity index (χ1n) is 6.48. The molecule has 0 radical (unpaired) electrons. The van der Waals surface area contributed by atoms with Gasteiger partial charge in [-0.25, -0.2) is 8.42 Å². The maximum atomic E-state index is 12.7. The third-order valence-corrected chi connectivity index (χ3v) is 4.31. The number of benzene rings is 1. The number of anilines is 1. The second-order valence-electron chi connectivity index (χ2n) is 5.08. The van der Waals surface area contributed by atoms with Gasteiger partial charge in [0.2, 0.25) is 0 Å². The molecule has 0 spiro atoms. The molecular weight excluding hydrogens is 335 g/mol. The molecule has 1 heterocycles. The Kier molecular flexibility index (Phi) is 4.29. The number of hydrogen-bond acceptors (Lipinski definition) is 4. The van der Waals surface area contributed by atoms with Crippen LogP contribution in [0, 0.1) is 0 Å². The quantitative estimate of drug-likeness (QED) is 0.831. The molecule has 1 aromatic heterocycles. The van der Waals surface area contributed by atoms with Crippen molar-refractivity contribution in [2.24, 2.45) is 0 Å². The topological polar surface area (TPSA) is 84.2 Å². The lowest BCUT2D eigenvalue weighted by Crippen LogP contribution is -2.14. The molecule has 0 atom stereocenters. The highest BCUT2D eigenvalue weighted by Crippen LogP contribution is 2.35. The summed E-state index contributed by atoms with van der Waals surface area (Å²) in [6, 6.07) is 1.88. The molecule has 0 aliphatic rings. The van der Waals surface area contributed by atoms with E-state index in [0.717, 1.165) is 12.3 Å². The number of aromatic nitrogens is 2. The molecule has 0 amide bonds. The zero-order valence-corrected chi connectivity index (χ0v) is 13.0. The number of halogens is 3. The average Bonchev–Trinajstić information content (AvgIpc) is 2.90. The summed E-state index contributed by atoms with van der Waals surface area (Å²) in [5, 5.41) is 13.4. The van der Waals surface area contributed by atoms with Gasteiger partial charge in [-0.2, -0.15) is 18.3 Å². The predicted molar refractivity (Wildman–Crippen MR) is 76.5 cm³/mol. The summed E-state index contributed by atoms with van der Waals surface area (Å²) in [6.45, 7) is 3.57. The van der Waals surface area contributed by atoms with Crippen LogP contribution in [0.3, 0.4) is 0 Å². The van der Waals surface area contributed by atoms with E-state index in [1.54, 1.807) is 13.8 Å². The Hall–Kier alpha value is -2.23. The summed E-state index contributed by atoms with van der Waals surface area (Å²) in [6.07, 6.45) is -2.33. The number of nitrogens with zero attached hydrogens (tertiary/aromatic N) is 2. The lowest BCUT2D eigenvalue weighted by atomic mass is 10.2. The van der Waals surface area contributed by atoms with Crippen molar-refractivity contribution < 1.29 is 26.7 Å². The second-order valence-corrected chi connectivity index (χ2v) is 6.77. The normalized spacial score (nSPS) is 12.6. The number of hydrogen-bond donors (Lipinski definition) is 2. The standard InChI is InChI=1S/C13H14F3N3O3S/c1-8(2)19-7-10(6-17-19)23(21,22)18-11-5-9(13(14,15)16)3-4-12(11)20/h3-8,18,20H,1-2H3. The number of nitrogens with one attached hydrogen (secondary N) is 1. The van der Waals surface area contributed by atoms with Crippen molar-refractivity contribution in [1.29, 1.82) is 0 Å². The third kappa shape index (κ3) is 3.76. The van der Waals surface area contributed by atoms with Gasteiger partial charge in [-0.15, -0.1) is 0 Å². The van der Waals surface area contributed by atoms with Crippen molar-refractivity contribution in [2.45, 2.75) is 31.0 Å². The summed E-state index contributed by atoms with van der Waals surface area (Å²) in [5.74, 6) is -0.613. The molecule has 0 aliphatic carbocycles. The van der Waals surface area contributed by atoms with E-state index in [1.165, 1.54) is 10.9 Å². The van der Waals surface area contributed by atoms with Crippen LogP contribution in [-0.4, -0.2) is 23.3 Å². The Morgan fingerprint density at radius 2 is 1.96 bits per heavy atom. The Balaban J connectivity index is 2.36. The second kappa shape index (κ2) is 5.76. The number of alkyl halides is 3. The highest BCUT2D eigenvalue weighted by molar-refractivity contribution is 7.92. The van der Waals surface area contributed by atoms with Crippen LogP contribution in [0.25, 0.3) is 0 Å². The van der Waals surface area contributed by atoms with E-state index in [2.05, 4.69) is 5.10 Å². The Morgan fingerprint density at radius 3 is 2.48 bits per heavy atom. The van der Waals surface area contributed by atoms with Crippen molar-refractivity contribution in [2.75, 3.05) is 4.72 Å². The molecule has 23 heavy (non-hydrogen) atoms. The van der Waals surface area contributed by atoms with Crippen LogP contribution < -0.4 is 4.72 Å². The molecule has 0 bridgehead atoms. The third-order valence-electron chi connectivity index (χ3n) is 2.99. The van der Waals surface area contributed by atoms with Gasteiger partial charge in [0.05, 0.1) is 17.4 Å². The number of rotatable bonds is 4. The molecule has 0 unspecified atom stereocenters. The molecule has 126 valence electrons. The fourth-order valence-corrected chi connectivity index (χ4v) is 2.74. The molecule has 2 aromatic rings. The summed E-state index contributed by atoms with van der Waals surface area (Å²) >= 11 is 0. The molecule has 10 heteroatoms. The summed E-state index contributed by atoms with van der Waals surface area (Å²) in [7, 11) is -4.17. The van der Waals surface area contributed by atoms with Crippen LogP contribution >= 0.6 is 0 Å². The lowest BCUT2D eigenvalue weighted by Gasteiger charge is -2.12. The van der Waals surface area contributed by atoms with Gasteiger partial charge < -0.3 is 5.11 Å². The molecule has 6 nitrogen and oxygen atoms in total. The fraction of sp³-hybridized carbons (Fsp3) is 0.308. The molecule has 2 N–H and O–H groups in total. The van der Waals surface area contributed by atoms with E-state index in [9.17, 15) is 26.7 Å². The first kappa shape index (κ1) is 17.1. The van der Waals surface area contributed by atoms with Gasteiger partial charge in [-0.05, 0) is 32.0 Å². The monoisotopic (exact) mass is 349 g/mol. The van der Waals surface area contributed by atoms with Crippen LogP contribution in [0.4, 0.5) is 18.9 Å². The largest absolute Gasteiger partial charge is 0.506 e. The van der Waals surface area contributed by atoms with Crippen LogP contribution in [0.5, 0.6) is 5.75 Å². The van der Waals surface area contributed by atoms with Gasteiger partial charge in [-0.1, -0.05) is 0 Å². The minimum atomic E-state index is -4.66.